The van der Waals surface area contributed by atoms with Crippen LogP contribution in [0, 0.1) is 0 Å². The number of hydrogen-bond donors (Lipinski definition) is 1. The van der Waals surface area contributed by atoms with Crippen LogP contribution in [0.15, 0.2) is 72.8 Å². The monoisotopic (exact) mass is 401 g/mol. The lowest BCUT2D eigenvalue weighted by Crippen LogP contribution is -2.27. The van der Waals surface area contributed by atoms with E-state index in [0.717, 1.165) is 39.5 Å². The van der Waals surface area contributed by atoms with E-state index >= 15 is 0 Å². The van der Waals surface area contributed by atoms with E-state index < -0.39 is 0 Å². The van der Waals surface area contributed by atoms with Crippen molar-refractivity contribution in [1.29, 1.82) is 0 Å². The second kappa shape index (κ2) is 8.69. The van der Waals surface area contributed by atoms with Gasteiger partial charge in [-0.15, -0.1) is 0 Å². The normalized spacial score (nSPS) is 10.7. The van der Waals surface area contributed by atoms with Gasteiger partial charge in [0, 0.05) is 12.1 Å². The van der Waals surface area contributed by atoms with Crippen molar-refractivity contribution in [3.8, 4) is 22.9 Å². The Labute approximate surface area is 175 Å². The zero-order valence-electron chi connectivity index (χ0n) is 17.0. The zero-order chi connectivity index (χ0) is 20.9. The largest absolute Gasteiger partial charge is 0.497 e. The van der Waals surface area contributed by atoms with Crippen molar-refractivity contribution in [3.05, 3.63) is 78.4 Å². The van der Waals surface area contributed by atoms with Gasteiger partial charge in [-0.1, -0.05) is 36.4 Å². The summed E-state index contributed by atoms with van der Waals surface area (Å²) < 4.78 is 12.5. The van der Waals surface area contributed by atoms with Gasteiger partial charge >= 0.3 is 0 Å². The Bertz CT molecular complexity index is 1170. The van der Waals surface area contributed by atoms with Crippen LogP contribution in [0.2, 0.25) is 0 Å². The predicted molar refractivity (Wildman–Crippen MR) is 117 cm³/mol. The van der Waals surface area contributed by atoms with Gasteiger partial charge in [0.15, 0.2) is 0 Å². The summed E-state index contributed by atoms with van der Waals surface area (Å²) in [4.78, 5) is 17.5. The van der Waals surface area contributed by atoms with E-state index in [4.69, 9.17) is 14.5 Å². The van der Waals surface area contributed by atoms with E-state index in [1.165, 1.54) is 0 Å². The standard InChI is InChI=1S/C24H23N3O3/c1-29-19-12-10-17(11-13-19)15-25-23(28)16-27-22-9-4-3-8-21(22)26-24(27)18-6-5-7-20(14-18)30-2/h3-14H,15-16H2,1-2H3,(H,25,28). The number of rotatable bonds is 7. The van der Waals surface area contributed by atoms with Crippen LogP contribution in [-0.4, -0.2) is 29.7 Å². The van der Waals surface area contributed by atoms with Crippen molar-refractivity contribution in [3.63, 3.8) is 0 Å². The Morgan fingerprint density at radius 1 is 0.933 bits per heavy atom. The Kier molecular flexibility index (Phi) is 5.66. The van der Waals surface area contributed by atoms with Crippen LogP contribution in [0.1, 0.15) is 5.56 Å². The van der Waals surface area contributed by atoms with Crippen LogP contribution in [0.3, 0.4) is 0 Å². The second-order valence-corrected chi connectivity index (χ2v) is 6.87. The van der Waals surface area contributed by atoms with Gasteiger partial charge < -0.3 is 19.4 Å². The Morgan fingerprint density at radius 2 is 1.70 bits per heavy atom. The van der Waals surface area contributed by atoms with Crippen LogP contribution >= 0.6 is 0 Å². The van der Waals surface area contributed by atoms with Crippen LogP contribution in [0.5, 0.6) is 11.5 Å². The molecule has 1 N–H and O–H groups in total. The van der Waals surface area contributed by atoms with E-state index in [0.29, 0.717) is 6.54 Å². The van der Waals surface area contributed by atoms with E-state index in [2.05, 4.69) is 5.32 Å². The molecular weight excluding hydrogens is 378 g/mol. The molecule has 0 spiro atoms. The maximum absolute atomic E-state index is 12.7. The molecular formula is C24H23N3O3. The number of hydrogen-bond acceptors (Lipinski definition) is 4. The fraction of sp³-hybridized carbons (Fsp3) is 0.167. The first kappa shape index (κ1) is 19.5. The lowest BCUT2D eigenvalue weighted by Gasteiger charge is -2.11. The summed E-state index contributed by atoms with van der Waals surface area (Å²) in [5.41, 5.74) is 3.66. The van der Waals surface area contributed by atoms with E-state index in [1.807, 2.05) is 77.4 Å². The first-order chi connectivity index (χ1) is 14.7. The minimum absolute atomic E-state index is 0.0851. The lowest BCUT2D eigenvalue weighted by atomic mass is 10.2. The molecule has 0 atom stereocenters. The number of benzene rings is 3. The molecule has 4 aromatic rings. The fourth-order valence-electron chi connectivity index (χ4n) is 3.36. The zero-order valence-corrected chi connectivity index (χ0v) is 17.0. The molecule has 1 heterocycles. The number of imidazole rings is 1. The number of nitrogens with zero attached hydrogens (tertiary/aromatic N) is 2. The molecule has 1 amide bonds. The number of ether oxygens (including phenoxy) is 2. The number of carbonyl (C=O) groups is 1. The Hall–Kier alpha value is -3.80. The molecule has 0 aliphatic rings. The third-order valence-electron chi connectivity index (χ3n) is 4.93. The lowest BCUT2D eigenvalue weighted by molar-refractivity contribution is -0.121. The van der Waals surface area contributed by atoms with Gasteiger partial charge in [0.25, 0.3) is 0 Å². The molecule has 0 unspecified atom stereocenters. The Balaban J connectivity index is 1.58. The third-order valence-corrected chi connectivity index (χ3v) is 4.93. The number of carbonyl (C=O) groups excluding carboxylic acids is 1. The van der Waals surface area contributed by atoms with Crippen LogP contribution in [-0.2, 0) is 17.9 Å². The highest BCUT2D eigenvalue weighted by Gasteiger charge is 2.15. The van der Waals surface area contributed by atoms with Gasteiger partial charge in [0.1, 0.15) is 23.9 Å². The molecule has 0 aliphatic heterocycles. The molecule has 1 aromatic heterocycles. The number of para-hydroxylation sites is 2. The topological polar surface area (TPSA) is 65.4 Å². The van der Waals surface area contributed by atoms with Crippen molar-refractivity contribution in [1.82, 2.24) is 14.9 Å². The molecule has 0 saturated heterocycles. The number of fused-ring (bicyclic) bond motifs is 1. The summed E-state index contributed by atoms with van der Waals surface area (Å²) in [5.74, 6) is 2.18. The van der Waals surface area contributed by atoms with E-state index in [-0.39, 0.29) is 12.5 Å². The van der Waals surface area contributed by atoms with Gasteiger partial charge in [-0.05, 0) is 42.0 Å². The maximum Gasteiger partial charge on any atom is 0.240 e. The molecule has 30 heavy (non-hydrogen) atoms. The van der Waals surface area contributed by atoms with Crippen LogP contribution < -0.4 is 14.8 Å². The maximum atomic E-state index is 12.7. The van der Waals surface area contributed by atoms with Gasteiger partial charge in [-0.3, -0.25) is 4.79 Å². The van der Waals surface area contributed by atoms with Crippen LogP contribution in [0.25, 0.3) is 22.4 Å². The number of amides is 1. The number of nitrogens with one attached hydrogen (secondary N) is 1. The molecule has 0 radical (unpaired) electrons. The molecule has 3 aromatic carbocycles. The van der Waals surface area contributed by atoms with Crippen LogP contribution in [0.4, 0.5) is 0 Å². The first-order valence-corrected chi connectivity index (χ1v) is 9.67. The molecule has 6 nitrogen and oxygen atoms in total. The predicted octanol–water partition coefficient (Wildman–Crippen LogP) is 4.04. The average molecular weight is 401 g/mol. The summed E-state index contributed by atoms with van der Waals surface area (Å²) in [5, 5.41) is 2.99. The van der Waals surface area contributed by atoms with Crippen molar-refractivity contribution < 1.29 is 14.3 Å². The highest BCUT2D eigenvalue weighted by Crippen LogP contribution is 2.27. The molecule has 152 valence electrons. The average Bonchev–Trinajstić information content (AvgIpc) is 3.16. The SMILES string of the molecule is COc1ccc(CNC(=O)Cn2c(-c3cccc(OC)c3)nc3ccccc32)cc1. The number of methoxy groups -OCH3 is 2. The molecule has 0 aliphatic carbocycles. The minimum Gasteiger partial charge on any atom is -0.497 e. The van der Waals surface area contributed by atoms with Gasteiger partial charge in [0.2, 0.25) is 5.91 Å². The minimum atomic E-state index is -0.0851. The van der Waals surface area contributed by atoms with Crippen molar-refractivity contribution in [2.45, 2.75) is 13.1 Å². The van der Waals surface area contributed by atoms with Gasteiger partial charge in [-0.25, -0.2) is 4.98 Å². The van der Waals surface area contributed by atoms with Crippen molar-refractivity contribution in [2.24, 2.45) is 0 Å². The number of aromatic nitrogens is 2. The van der Waals surface area contributed by atoms with Crippen molar-refractivity contribution in [2.75, 3.05) is 14.2 Å². The summed E-state index contributed by atoms with van der Waals surface area (Å²) in [6, 6.07) is 23.2. The molecule has 0 bridgehead atoms. The summed E-state index contributed by atoms with van der Waals surface area (Å²) in [6.45, 7) is 0.618. The highest BCUT2D eigenvalue weighted by atomic mass is 16.5. The van der Waals surface area contributed by atoms with Crippen molar-refractivity contribution >= 4 is 16.9 Å². The van der Waals surface area contributed by atoms with E-state index in [1.54, 1.807) is 14.2 Å². The molecule has 6 heteroatoms. The smallest absolute Gasteiger partial charge is 0.240 e. The highest BCUT2D eigenvalue weighted by molar-refractivity contribution is 5.84. The quantitative estimate of drug-likeness (QED) is 0.508. The third kappa shape index (κ3) is 4.12. The summed E-state index contributed by atoms with van der Waals surface area (Å²) in [6.07, 6.45) is 0. The second-order valence-electron chi connectivity index (χ2n) is 6.87. The van der Waals surface area contributed by atoms with Gasteiger partial charge in [-0.2, -0.15) is 0 Å². The first-order valence-electron chi connectivity index (χ1n) is 9.67. The summed E-state index contributed by atoms with van der Waals surface area (Å²) in [7, 11) is 3.26. The van der Waals surface area contributed by atoms with E-state index in [9.17, 15) is 4.79 Å². The fourth-order valence-corrected chi connectivity index (χ4v) is 3.36. The Morgan fingerprint density at radius 3 is 2.47 bits per heavy atom. The summed E-state index contributed by atoms with van der Waals surface area (Å²) >= 11 is 0. The van der Waals surface area contributed by atoms with Gasteiger partial charge in [0.05, 0.1) is 25.3 Å². The molecule has 4 rings (SSSR count). The molecule has 0 fully saturated rings. The molecule has 0 saturated carbocycles.